The Morgan fingerprint density at radius 2 is 1.85 bits per heavy atom. The largest absolute Gasteiger partial charge is 0.461 e. The Morgan fingerprint density at radius 3 is 2.59 bits per heavy atom. The van der Waals surface area contributed by atoms with Crippen molar-refractivity contribution >= 4 is 39.7 Å². The summed E-state index contributed by atoms with van der Waals surface area (Å²) in [7, 11) is 0. The fraction of sp³-hybridized carbons (Fsp3) is 0.182. The van der Waals surface area contributed by atoms with Crippen LogP contribution in [-0.2, 0) is 9.53 Å². The van der Waals surface area contributed by atoms with Gasteiger partial charge in [0, 0.05) is 5.02 Å². The number of rotatable bonds is 3. The minimum absolute atomic E-state index is 0.0797. The zero-order valence-electron chi connectivity index (χ0n) is 14.7. The first-order chi connectivity index (χ1) is 13.2. The summed E-state index contributed by atoms with van der Waals surface area (Å²) in [5, 5.41) is 9.64. The smallest absolute Gasteiger partial charge is 0.355 e. The number of ether oxygens (including phenoxy) is 1. The van der Waals surface area contributed by atoms with E-state index in [4.69, 9.17) is 21.4 Å². The molecule has 0 amide bonds. The zero-order chi connectivity index (χ0) is 18.5. The van der Waals surface area contributed by atoms with Gasteiger partial charge in [-0.1, -0.05) is 54.1 Å². The van der Waals surface area contributed by atoms with Crippen LogP contribution >= 0.6 is 11.6 Å². The first kappa shape index (κ1) is 16.3. The summed E-state index contributed by atoms with van der Waals surface area (Å²) in [5.74, 6) is -0.508. The Morgan fingerprint density at radius 1 is 1.11 bits per heavy atom. The van der Waals surface area contributed by atoms with Crippen molar-refractivity contribution in [2.75, 3.05) is 11.6 Å². The van der Waals surface area contributed by atoms with Crippen LogP contribution in [-0.4, -0.2) is 18.3 Å². The van der Waals surface area contributed by atoms with Gasteiger partial charge in [-0.05, 0) is 47.0 Å². The lowest BCUT2D eigenvalue weighted by atomic mass is 9.92. The van der Waals surface area contributed by atoms with Crippen LogP contribution in [0.2, 0.25) is 5.02 Å². The summed E-state index contributed by atoms with van der Waals surface area (Å²) < 4.78 is 5.31. The molecule has 0 fully saturated rings. The molecule has 0 saturated heterocycles. The van der Waals surface area contributed by atoms with Crippen molar-refractivity contribution in [1.29, 1.82) is 0 Å². The standard InChI is InChI=1S/C22H17ClN2O2/c1-2-27-22(26)20-19-16-10-3-6-13-7-4-11-17(18(13)16)21(19)25(24-20)15-9-5-8-14(23)12-15/h3-12,19,21H,2H2,1H3. The molecule has 2 unspecified atom stereocenters. The molecule has 0 saturated carbocycles. The highest BCUT2D eigenvalue weighted by atomic mass is 35.5. The second-order valence-corrected chi connectivity index (χ2v) is 7.18. The third-order valence-electron chi connectivity index (χ3n) is 5.27. The Labute approximate surface area is 162 Å². The third kappa shape index (κ3) is 2.37. The highest BCUT2D eigenvalue weighted by molar-refractivity contribution is 6.40. The van der Waals surface area contributed by atoms with Crippen LogP contribution in [0.5, 0.6) is 0 Å². The van der Waals surface area contributed by atoms with Crippen LogP contribution in [0.15, 0.2) is 65.8 Å². The molecule has 2 aliphatic rings. The molecule has 0 bridgehead atoms. The van der Waals surface area contributed by atoms with Crippen molar-refractivity contribution in [2.24, 2.45) is 5.10 Å². The molecular weight excluding hydrogens is 360 g/mol. The Bertz CT molecular complexity index is 1100. The predicted octanol–water partition coefficient (Wildman–Crippen LogP) is 5.07. The number of hydrogen-bond acceptors (Lipinski definition) is 4. The molecule has 0 radical (unpaired) electrons. The molecule has 1 aliphatic carbocycles. The molecular formula is C22H17ClN2O2. The highest BCUT2D eigenvalue weighted by Gasteiger charge is 2.48. The maximum Gasteiger partial charge on any atom is 0.355 e. The molecule has 3 aromatic rings. The van der Waals surface area contributed by atoms with E-state index in [2.05, 4.69) is 30.3 Å². The number of esters is 1. The summed E-state index contributed by atoms with van der Waals surface area (Å²) in [5.41, 5.74) is 3.62. The first-order valence-corrected chi connectivity index (χ1v) is 9.39. The predicted molar refractivity (Wildman–Crippen MR) is 107 cm³/mol. The van der Waals surface area contributed by atoms with Crippen molar-refractivity contribution in [2.45, 2.75) is 18.9 Å². The lowest BCUT2D eigenvalue weighted by Gasteiger charge is -2.24. The van der Waals surface area contributed by atoms with Crippen LogP contribution in [0.3, 0.4) is 0 Å². The number of carbonyl (C=O) groups is 1. The van der Waals surface area contributed by atoms with E-state index in [1.165, 1.54) is 16.3 Å². The van der Waals surface area contributed by atoms with Crippen molar-refractivity contribution in [3.05, 3.63) is 76.8 Å². The number of hydrazone groups is 1. The minimum Gasteiger partial charge on any atom is -0.461 e. The topological polar surface area (TPSA) is 41.9 Å². The molecule has 4 nitrogen and oxygen atoms in total. The fourth-order valence-corrected chi connectivity index (χ4v) is 4.46. The van der Waals surface area contributed by atoms with Gasteiger partial charge < -0.3 is 4.74 Å². The van der Waals surface area contributed by atoms with E-state index >= 15 is 0 Å². The van der Waals surface area contributed by atoms with E-state index in [1.807, 2.05) is 42.3 Å². The first-order valence-electron chi connectivity index (χ1n) is 9.01. The van der Waals surface area contributed by atoms with Crippen LogP contribution in [0.1, 0.15) is 30.0 Å². The number of halogens is 1. The molecule has 134 valence electrons. The van der Waals surface area contributed by atoms with Crippen molar-refractivity contribution < 1.29 is 9.53 Å². The van der Waals surface area contributed by atoms with Gasteiger partial charge in [0.15, 0.2) is 5.71 Å². The van der Waals surface area contributed by atoms with Gasteiger partial charge in [0.2, 0.25) is 0 Å². The molecule has 3 aromatic carbocycles. The molecule has 1 heterocycles. The number of hydrogen-bond donors (Lipinski definition) is 0. The Kier molecular flexibility index (Phi) is 3.69. The molecule has 0 spiro atoms. The lowest BCUT2D eigenvalue weighted by molar-refractivity contribution is -0.135. The summed E-state index contributed by atoms with van der Waals surface area (Å²) in [6.45, 7) is 2.13. The third-order valence-corrected chi connectivity index (χ3v) is 5.50. The number of carbonyl (C=O) groups excluding carboxylic acids is 1. The van der Waals surface area contributed by atoms with Crippen molar-refractivity contribution in [3.63, 3.8) is 0 Å². The molecule has 27 heavy (non-hydrogen) atoms. The maximum atomic E-state index is 12.7. The monoisotopic (exact) mass is 376 g/mol. The normalized spacial score (nSPS) is 19.9. The van der Waals surface area contributed by atoms with Gasteiger partial charge in [-0.2, -0.15) is 5.10 Å². The summed E-state index contributed by atoms with van der Waals surface area (Å²) >= 11 is 6.22. The van der Waals surface area contributed by atoms with Gasteiger partial charge in [0.05, 0.1) is 24.3 Å². The highest BCUT2D eigenvalue weighted by Crippen LogP contribution is 2.53. The summed E-state index contributed by atoms with van der Waals surface area (Å²) in [6.07, 6.45) is 0. The zero-order valence-corrected chi connectivity index (χ0v) is 15.5. The lowest BCUT2D eigenvalue weighted by Crippen LogP contribution is -2.24. The van der Waals surface area contributed by atoms with Crippen LogP contribution in [0.25, 0.3) is 10.8 Å². The molecule has 0 N–H and O–H groups in total. The van der Waals surface area contributed by atoms with Gasteiger partial charge in [-0.25, -0.2) is 4.79 Å². The minimum atomic E-state index is -0.359. The second-order valence-electron chi connectivity index (χ2n) is 6.75. The SMILES string of the molecule is CCOC(=O)C1=NN(c2cccc(Cl)c2)C2c3cccc4cccc(c34)C12. The van der Waals surface area contributed by atoms with E-state index in [1.54, 1.807) is 0 Å². The Hall–Kier alpha value is -2.85. The molecule has 1 aliphatic heterocycles. The number of nitrogens with zero attached hydrogens (tertiary/aromatic N) is 2. The number of benzene rings is 3. The van der Waals surface area contributed by atoms with E-state index < -0.39 is 0 Å². The van der Waals surface area contributed by atoms with Gasteiger partial charge in [-0.3, -0.25) is 5.01 Å². The quantitative estimate of drug-likeness (QED) is 0.599. The summed E-state index contributed by atoms with van der Waals surface area (Å²) in [4.78, 5) is 12.7. The van der Waals surface area contributed by atoms with Gasteiger partial charge >= 0.3 is 5.97 Å². The second kappa shape index (κ2) is 6.10. The van der Waals surface area contributed by atoms with E-state index in [9.17, 15) is 4.79 Å². The molecule has 5 rings (SSSR count). The fourth-order valence-electron chi connectivity index (χ4n) is 4.28. The van der Waals surface area contributed by atoms with Crippen LogP contribution < -0.4 is 5.01 Å². The Balaban J connectivity index is 1.73. The maximum absolute atomic E-state index is 12.7. The number of fused-ring (bicyclic) bond motifs is 3. The van der Waals surface area contributed by atoms with E-state index in [-0.39, 0.29) is 17.9 Å². The van der Waals surface area contributed by atoms with Crippen LogP contribution in [0, 0.1) is 0 Å². The van der Waals surface area contributed by atoms with E-state index in [0.29, 0.717) is 17.3 Å². The average Bonchev–Trinajstić information content (AvgIpc) is 3.21. The number of anilines is 1. The van der Waals surface area contributed by atoms with Gasteiger partial charge in [0.25, 0.3) is 0 Å². The van der Waals surface area contributed by atoms with E-state index in [0.717, 1.165) is 11.3 Å². The summed E-state index contributed by atoms with van der Waals surface area (Å²) in [6, 6.07) is 20.0. The van der Waals surface area contributed by atoms with Crippen LogP contribution in [0.4, 0.5) is 5.69 Å². The molecule has 2 atom stereocenters. The molecule has 0 aromatic heterocycles. The molecule has 5 heteroatoms. The van der Waals surface area contributed by atoms with Crippen molar-refractivity contribution in [1.82, 2.24) is 0 Å². The average molecular weight is 377 g/mol. The van der Waals surface area contributed by atoms with Crippen molar-refractivity contribution in [3.8, 4) is 0 Å². The van der Waals surface area contributed by atoms with Gasteiger partial charge in [0.1, 0.15) is 0 Å². The van der Waals surface area contributed by atoms with Gasteiger partial charge in [-0.15, -0.1) is 0 Å².